The van der Waals surface area contributed by atoms with Gasteiger partial charge in [0.1, 0.15) is 0 Å². The van der Waals surface area contributed by atoms with Gasteiger partial charge in [0.2, 0.25) is 0 Å². The van der Waals surface area contributed by atoms with Gasteiger partial charge in [0.05, 0.1) is 19.1 Å². The first kappa shape index (κ1) is 15.3. The van der Waals surface area contributed by atoms with Gasteiger partial charge in [-0.3, -0.25) is 14.5 Å². The largest absolute Gasteiger partial charge is 0.481 e. The zero-order valence-electron chi connectivity index (χ0n) is 11.0. The first-order chi connectivity index (χ1) is 9.04. The van der Waals surface area contributed by atoms with Crippen molar-refractivity contribution in [1.82, 2.24) is 4.90 Å². The predicted molar refractivity (Wildman–Crippen MR) is 71.1 cm³/mol. The average Bonchev–Trinajstić information content (AvgIpc) is 2.39. The third-order valence-electron chi connectivity index (χ3n) is 2.83. The lowest BCUT2D eigenvalue weighted by atomic mass is 10.1. The van der Waals surface area contributed by atoms with Crippen LogP contribution >= 0.6 is 0 Å². The van der Waals surface area contributed by atoms with Crippen LogP contribution in [0.15, 0.2) is 30.3 Å². The summed E-state index contributed by atoms with van der Waals surface area (Å²) in [7, 11) is 0. The van der Waals surface area contributed by atoms with Crippen LogP contribution in [-0.2, 0) is 4.79 Å². The van der Waals surface area contributed by atoms with Crippen molar-refractivity contribution >= 4 is 11.8 Å². The van der Waals surface area contributed by atoms with Gasteiger partial charge in [0.25, 0.3) is 0 Å². The highest BCUT2D eigenvalue weighted by atomic mass is 16.4. The van der Waals surface area contributed by atoms with Crippen molar-refractivity contribution in [2.75, 3.05) is 26.2 Å². The molecular formula is C14H19NO4. The lowest BCUT2D eigenvalue weighted by Crippen LogP contribution is -2.37. The second-order valence-corrected chi connectivity index (χ2v) is 4.49. The molecule has 19 heavy (non-hydrogen) atoms. The number of Topliss-reactive ketones (excluding diaryl/α,β-unsaturated/α-hetero) is 1. The molecule has 1 unspecified atom stereocenters. The van der Waals surface area contributed by atoms with Gasteiger partial charge < -0.3 is 10.2 Å². The molecule has 0 fully saturated rings. The summed E-state index contributed by atoms with van der Waals surface area (Å²) in [5.74, 6) is -1.56. The summed E-state index contributed by atoms with van der Waals surface area (Å²) in [6.45, 7) is 2.13. The number of ketones is 1. The van der Waals surface area contributed by atoms with Crippen LogP contribution in [0.1, 0.15) is 17.3 Å². The molecule has 0 aliphatic rings. The number of benzene rings is 1. The molecule has 0 spiro atoms. The van der Waals surface area contributed by atoms with Crippen LogP contribution in [0.4, 0.5) is 0 Å². The molecule has 1 aromatic rings. The van der Waals surface area contributed by atoms with Crippen molar-refractivity contribution in [3.8, 4) is 0 Å². The second-order valence-electron chi connectivity index (χ2n) is 4.49. The third-order valence-corrected chi connectivity index (χ3v) is 2.83. The Morgan fingerprint density at radius 3 is 2.42 bits per heavy atom. The van der Waals surface area contributed by atoms with E-state index in [0.717, 1.165) is 0 Å². The number of aliphatic hydroxyl groups is 1. The minimum atomic E-state index is -0.907. The van der Waals surface area contributed by atoms with Gasteiger partial charge in [0.15, 0.2) is 5.78 Å². The Hall–Kier alpha value is -1.72. The lowest BCUT2D eigenvalue weighted by molar-refractivity contribution is -0.141. The topological polar surface area (TPSA) is 77.8 Å². The molecule has 1 rings (SSSR count). The number of carboxylic acid groups (broad SMARTS) is 1. The average molecular weight is 265 g/mol. The normalized spacial score (nSPS) is 12.4. The lowest BCUT2D eigenvalue weighted by Gasteiger charge is -2.22. The first-order valence-electron chi connectivity index (χ1n) is 6.19. The molecule has 5 heteroatoms. The molecule has 1 atom stereocenters. The van der Waals surface area contributed by atoms with E-state index in [2.05, 4.69) is 0 Å². The summed E-state index contributed by atoms with van der Waals surface area (Å²) in [5.41, 5.74) is 0.591. The van der Waals surface area contributed by atoms with Gasteiger partial charge in [-0.1, -0.05) is 37.3 Å². The smallest absolute Gasteiger partial charge is 0.307 e. The van der Waals surface area contributed by atoms with Crippen molar-refractivity contribution in [2.45, 2.75) is 6.92 Å². The summed E-state index contributed by atoms with van der Waals surface area (Å²) in [4.78, 5) is 24.5. The minimum Gasteiger partial charge on any atom is -0.481 e. The van der Waals surface area contributed by atoms with E-state index in [9.17, 15) is 9.59 Å². The monoisotopic (exact) mass is 265 g/mol. The molecular weight excluding hydrogens is 246 g/mol. The van der Waals surface area contributed by atoms with E-state index in [-0.39, 0.29) is 32.0 Å². The van der Waals surface area contributed by atoms with Gasteiger partial charge >= 0.3 is 5.97 Å². The minimum absolute atomic E-state index is 0.0772. The molecule has 0 amide bonds. The fraction of sp³-hybridized carbons (Fsp3) is 0.429. The van der Waals surface area contributed by atoms with E-state index in [0.29, 0.717) is 5.56 Å². The maximum atomic E-state index is 12.0. The van der Waals surface area contributed by atoms with Crippen molar-refractivity contribution in [2.24, 2.45) is 5.92 Å². The number of aliphatic carboxylic acids is 1. The molecule has 2 N–H and O–H groups in total. The highest BCUT2D eigenvalue weighted by Gasteiger charge is 2.18. The number of aliphatic hydroxyl groups excluding tert-OH is 1. The highest BCUT2D eigenvalue weighted by molar-refractivity contribution is 5.97. The van der Waals surface area contributed by atoms with Gasteiger partial charge in [-0.05, 0) is 0 Å². The van der Waals surface area contributed by atoms with E-state index >= 15 is 0 Å². The molecule has 0 aliphatic carbocycles. The van der Waals surface area contributed by atoms with E-state index in [4.69, 9.17) is 10.2 Å². The molecule has 0 saturated carbocycles. The zero-order valence-corrected chi connectivity index (χ0v) is 11.0. The molecule has 0 radical (unpaired) electrons. The van der Waals surface area contributed by atoms with Crippen molar-refractivity contribution in [3.05, 3.63) is 35.9 Å². The van der Waals surface area contributed by atoms with Gasteiger partial charge in [-0.15, -0.1) is 0 Å². The molecule has 0 saturated heterocycles. The first-order valence-corrected chi connectivity index (χ1v) is 6.19. The number of nitrogens with zero attached hydrogens (tertiary/aromatic N) is 1. The number of rotatable bonds is 8. The molecule has 0 aliphatic heterocycles. The molecule has 5 nitrogen and oxygen atoms in total. The van der Waals surface area contributed by atoms with Crippen LogP contribution in [0.5, 0.6) is 0 Å². The fourth-order valence-electron chi connectivity index (χ4n) is 1.76. The Kier molecular flexibility index (Phi) is 6.18. The third kappa shape index (κ3) is 5.19. The number of carboxylic acids is 1. The van der Waals surface area contributed by atoms with Crippen LogP contribution in [-0.4, -0.2) is 53.1 Å². The van der Waals surface area contributed by atoms with Crippen LogP contribution < -0.4 is 0 Å². The Morgan fingerprint density at radius 1 is 1.26 bits per heavy atom. The van der Waals surface area contributed by atoms with E-state index in [1.165, 1.54) is 0 Å². The SMILES string of the molecule is CC(CN(CCO)CC(=O)c1ccccc1)C(=O)O. The van der Waals surface area contributed by atoms with Crippen molar-refractivity contribution < 1.29 is 19.8 Å². The number of carbonyl (C=O) groups is 2. The second kappa shape index (κ2) is 7.66. The van der Waals surface area contributed by atoms with Crippen LogP contribution in [0.3, 0.4) is 0 Å². The summed E-state index contributed by atoms with van der Waals surface area (Å²) in [6.07, 6.45) is 0. The summed E-state index contributed by atoms with van der Waals surface area (Å²) < 4.78 is 0. The Morgan fingerprint density at radius 2 is 1.89 bits per heavy atom. The summed E-state index contributed by atoms with van der Waals surface area (Å²) in [6, 6.07) is 8.84. The van der Waals surface area contributed by atoms with Gasteiger partial charge in [-0.2, -0.15) is 0 Å². The van der Waals surface area contributed by atoms with Crippen molar-refractivity contribution in [3.63, 3.8) is 0 Å². The van der Waals surface area contributed by atoms with Crippen LogP contribution in [0, 0.1) is 5.92 Å². The molecule has 104 valence electrons. The Balaban J connectivity index is 2.63. The fourth-order valence-corrected chi connectivity index (χ4v) is 1.76. The molecule has 1 aromatic carbocycles. The maximum absolute atomic E-state index is 12.0. The Bertz CT molecular complexity index is 419. The maximum Gasteiger partial charge on any atom is 0.307 e. The number of carbonyl (C=O) groups excluding carboxylic acids is 1. The van der Waals surface area contributed by atoms with Crippen molar-refractivity contribution in [1.29, 1.82) is 0 Å². The molecule has 0 aromatic heterocycles. The van der Waals surface area contributed by atoms with E-state index < -0.39 is 11.9 Å². The quantitative estimate of drug-likeness (QED) is 0.682. The van der Waals surface area contributed by atoms with Gasteiger partial charge in [-0.25, -0.2) is 0 Å². The molecule has 0 bridgehead atoms. The number of hydrogen-bond donors (Lipinski definition) is 2. The number of hydrogen-bond acceptors (Lipinski definition) is 4. The molecule has 0 heterocycles. The summed E-state index contributed by atoms with van der Waals surface area (Å²) in [5, 5.41) is 17.8. The highest BCUT2D eigenvalue weighted by Crippen LogP contribution is 2.05. The van der Waals surface area contributed by atoms with E-state index in [1.54, 1.807) is 36.1 Å². The van der Waals surface area contributed by atoms with Gasteiger partial charge in [0, 0.05) is 18.7 Å². The zero-order chi connectivity index (χ0) is 14.3. The standard InChI is InChI=1S/C14H19NO4/c1-11(14(18)19)9-15(7-8-16)10-13(17)12-5-3-2-4-6-12/h2-6,11,16H,7-10H2,1H3,(H,18,19). The Labute approximate surface area is 112 Å². The summed E-state index contributed by atoms with van der Waals surface area (Å²) >= 11 is 0. The van der Waals surface area contributed by atoms with Crippen LogP contribution in [0.2, 0.25) is 0 Å². The van der Waals surface area contributed by atoms with Crippen LogP contribution in [0.25, 0.3) is 0 Å². The predicted octanol–water partition coefficient (Wildman–Crippen LogP) is 0.884. The van der Waals surface area contributed by atoms with E-state index in [1.807, 2.05) is 6.07 Å².